The van der Waals surface area contributed by atoms with E-state index in [0.29, 0.717) is 11.6 Å². The lowest BCUT2D eigenvalue weighted by molar-refractivity contribution is 0.657. The average Bonchev–Trinajstić information content (AvgIpc) is 3.30. The van der Waals surface area contributed by atoms with Crippen LogP contribution < -0.4 is 5.32 Å². The standard InChI is InChI=1S/C27H20FN7S/c1-14(15-2-3-15)31-17-10-16(12-29-13-17)19-4-5-21-26(33-19)27(35-34-21)22-11-18-20(32-22)8-9-30-25(18)23-6-7-24(28)36-23/h4-13,15,31-32H,1-3H2,(H,34,35). The number of rotatable bonds is 6. The van der Waals surface area contributed by atoms with Gasteiger partial charge in [0, 0.05) is 34.6 Å². The van der Waals surface area contributed by atoms with Crippen molar-refractivity contribution in [1.82, 2.24) is 30.1 Å². The predicted octanol–water partition coefficient (Wildman–Crippen LogP) is 6.77. The SMILES string of the molecule is C=C(Nc1cncc(-c2ccc3[nH]nc(-c4cc5c(-c6ccc(F)s6)nccc5[nH]4)c3n2)c1)C1CC1. The zero-order chi connectivity index (χ0) is 24.2. The monoisotopic (exact) mass is 493 g/mol. The van der Waals surface area contributed by atoms with E-state index in [9.17, 15) is 4.39 Å². The minimum absolute atomic E-state index is 0.236. The summed E-state index contributed by atoms with van der Waals surface area (Å²) in [6.07, 6.45) is 7.71. The molecule has 7 nitrogen and oxygen atoms in total. The second-order valence-electron chi connectivity index (χ2n) is 8.96. The molecule has 1 aliphatic carbocycles. The normalized spacial score (nSPS) is 13.5. The molecule has 1 aliphatic rings. The second-order valence-corrected chi connectivity index (χ2v) is 9.99. The van der Waals surface area contributed by atoms with E-state index >= 15 is 0 Å². The van der Waals surface area contributed by atoms with E-state index < -0.39 is 0 Å². The first-order valence-corrected chi connectivity index (χ1v) is 12.4. The van der Waals surface area contributed by atoms with Crippen LogP contribution >= 0.6 is 11.3 Å². The Balaban J connectivity index is 1.28. The van der Waals surface area contributed by atoms with Crippen molar-refractivity contribution < 1.29 is 4.39 Å². The number of anilines is 1. The fraction of sp³-hybridized carbons (Fsp3) is 0.111. The van der Waals surface area contributed by atoms with Gasteiger partial charge in [-0.1, -0.05) is 6.58 Å². The van der Waals surface area contributed by atoms with Gasteiger partial charge in [-0.3, -0.25) is 15.1 Å². The summed E-state index contributed by atoms with van der Waals surface area (Å²) in [5.41, 5.74) is 8.36. The largest absolute Gasteiger partial charge is 0.358 e. The van der Waals surface area contributed by atoms with Crippen LogP contribution in [0.25, 0.3) is 55.2 Å². The molecular weight excluding hydrogens is 473 g/mol. The third kappa shape index (κ3) is 3.64. The minimum Gasteiger partial charge on any atom is -0.358 e. The maximum atomic E-state index is 13.7. The van der Waals surface area contributed by atoms with Crippen molar-refractivity contribution in [3.8, 4) is 33.2 Å². The molecule has 7 rings (SSSR count). The number of nitrogens with one attached hydrogen (secondary N) is 3. The van der Waals surface area contributed by atoms with Gasteiger partial charge in [-0.05, 0) is 61.2 Å². The van der Waals surface area contributed by atoms with Gasteiger partial charge in [-0.15, -0.1) is 11.3 Å². The van der Waals surface area contributed by atoms with Gasteiger partial charge in [-0.2, -0.15) is 9.49 Å². The molecule has 1 saturated carbocycles. The highest BCUT2D eigenvalue weighted by atomic mass is 32.1. The summed E-state index contributed by atoms with van der Waals surface area (Å²) in [6, 6.07) is 13.1. The van der Waals surface area contributed by atoms with Gasteiger partial charge in [-0.25, -0.2) is 4.98 Å². The van der Waals surface area contributed by atoms with Crippen LogP contribution in [0.1, 0.15) is 12.8 Å². The molecule has 0 aromatic carbocycles. The second kappa shape index (κ2) is 8.10. The lowest BCUT2D eigenvalue weighted by atomic mass is 10.1. The molecule has 0 bridgehead atoms. The van der Waals surface area contributed by atoms with E-state index in [2.05, 4.69) is 37.0 Å². The number of fused-ring (bicyclic) bond motifs is 2. The maximum Gasteiger partial charge on any atom is 0.177 e. The Hall–Kier alpha value is -4.37. The molecule has 0 amide bonds. The Labute approximate surface area is 209 Å². The molecule has 0 radical (unpaired) electrons. The van der Waals surface area contributed by atoms with Gasteiger partial charge in [0.1, 0.15) is 11.2 Å². The van der Waals surface area contributed by atoms with Crippen LogP contribution in [-0.2, 0) is 0 Å². The predicted molar refractivity (Wildman–Crippen MR) is 141 cm³/mol. The molecule has 0 aliphatic heterocycles. The first-order chi connectivity index (χ1) is 17.6. The molecule has 1 fully saturated rings. The third-order valence-corrected chi connectivity index (χ3v) is 7.31. The lowest BCUT2D eigenvalue weighted by Gasteiger charge is -2.09. The number of H-pyrrole nitrogens is 2. The topological polar surface area (TPSA) is 95.2 Å². The molecule has 6 aromatic rings. The molecule has 6 heterocycles. The van der Waals surface area contributed by atoms with Crippen molar-refractivity contribution in [2.24, 2.45) is 5.92 Å². The van der Waals surface area contributed by atoms with E-state index in [4.69, 9.17) is 4.98 Å². The Kier molecular flexibility index (Phi) is 4.71. The summed E-state index contributed by atoms with van der Waals surface area (Å²) in [6.45, 7) is 4.15. The number of pyridine rings is 3. The Morgan fingerprint density at radius 3 is 2.81 bits per heavy atom. The van der Waals surface area contributed by atoms with Crippen LogP contribution in [-0.4, -0.2) is 30.1 Å². The van der Waals surface area contributed by atoms with Gasteiger partial charge >= 0.3 is 0 Å². The number of thiophene rings is 1. The van der Waals surface area contributed by atoms with E-state index in [1.165, 1.54) is 18.9 Å². The van der Waals surface area contributed by atoms with Crippen molar-refractivity contribution in [2.75, 3.05) is 5.32 Å². The van der Waals surface area contributed by atoms with Gasteiger partial charge < -0.3 is 10.3 Å². The van der Waals surface area contributed by atoms with Crippen molar-refractivity contribution in [1.29, 1.82) is 0 Å². The summed E-state index contributed by atoms with van der Waals surface area (Å²) in [5.74, 6) is 0.558. The molecule has 6 aromatic heterocycles. The van der Waals surface area contributed by atoms with E-state index in [1.807, 2.05) is 30.3 Å². The number of allylic oxidation sites excluding steroid dienone is 1. The van der Waals surface area contributed by atoms with Crippen molar-refractivity contribution in [3.05, 3.63) is 78.5 Å². The van der Waals surface area contributed by atoms with Crippen molar-refractivity contribution in [3.63, 3.8) is 0 Å². The number of hydrogen-bond donors (Lipinski definition) is 3. The summed E-state index contributed by atoms with van der Waals surface area (Å²) in [4.78, 5) is 18.1. The van der Waals surface area contributed by atoms with Crippen LogP contribution in [0.5, 0.6) is 0 Å². The summed E-state index contributed by atoms with van der Waals surface area (Å²) in [5, 5.41) is 11.7. The van der Waals surface area contributed by atoms with Crippen LogP contribution in [0.2, 0.25) is 0 Å². The maximum absolute atomic E-state index is 13.7. The molecule has 176 valence electrons. The van der Waals surface area contributed by atoms with Crippen molar-refractivity contribution in [2.45, 2.75) is 12.8 Å². The molecule has 0 saturated heterocycles. The highest BCUT2D eigenvalue weighted by Crippen LogP contribution is 2.37. The van der Waals surface area contributed by atoms with E-state index in [-0.39, 0.29) is 5.13 Å². The van der Waals surface area contributed by atoms with E-state index in [0.717, 1.165) is 72.2 Å². The van der Waals surface area contributed by atoms with Gasteiger partial charge in [0.2, 0.25) is 0 Å². The number of hydrogen-bond acceptors (Lipinski definition) is 6. The zero-order valence-corrected chi connectivity index (χ0v) is 19.9. The Morgan fingerprint density at radius 1 is 1.06 bits per heavy atom. The van der Waals surface area contributed by atoms with Crippen LogP contribution in [0.3, 0.4) is 0 Å². The van der Waals surface area contributed by atoms with E-state index in [1.54, 1.807) is 24.7 Å². The van der Waals surface area contributed by atoms with Crippen molar-refractivity contribution >= 4 is 39.0 Å². The lowest BCUT2D eigenvalue weighted by Crippen LogP contribution is -2.00. The average molecular weight is 494 g/mol. The molecule has 36 heavy (non-hydrogen) atoms. The molecule has 3 N–H and O–H groups in total. The fourth-order valence-corrected chi connectivity index (χ4v) is 5.18. The first-order valence-electron chi connectivity index (χ1n) is 11.6. The molecule has 9 heteroatoms. The third-order valence-electron chi connectivity index (χ3n) is 6.43. The number of nitrogens with zero attached hydrogens (tertiary/aromatic N) is 4. The van der Waals surface area contributed by atoms with Crippen LogP contribution in [0.4, 0.5) is 10.1 Å². The van der Waals surface area contributed by atoms with Gasteiger partial charge in [0.15, 0.2) is 5.13 Å². The van der Waals surface area contributed by atoms with Crippen LogP contribution in [0.15, 0.2) is 73.3 Å². The number of aromatic nitrogens is 6. The Morgan fingerprint density at radius 2 is 1.97 bits per heavy atom. The molecule has 0 atom stereocenters. The van der Waals surface area contributed by atoms with Crippen LogP contribution in [0, 0.1) is 11.0 Å². The smallest absolute Gasteiger partial charge is 0.177 e. The Bertz CT molecular complexity index is 1780. The highest BCUT2D eigenvalue weighted by Gasteiger charge is 2.24. The molecule has 0 unspecified atom stereocenters. The zero-order valence-electron chi connectivity index (χ0n) is 19.0. The number of aromatic amines is 2. The summed E-state index contributed by atoms with van der Waals surface area (Å²) >= 11 is 1.08. The molecular formula is C27H20FN7S. The minimum atomic E-state index is -0.236. The fourth-order valence-electron chi connectivity index (χ4n) is 4.43. The quantitative estimate of drug-likeness (QED) is 0.238. The summed E-state index contributed by atoms with van der Waals surface area (Å²) in [7, 11) is 0. The van der Waals surface area contributed by atoms with Gasteiger partial charge in [0.05, 0.1) is 39.4 Å². The summed E-state index contributed by atoms with van der Waals surface area (Å²) < 4.78 is 13.7. The number of halogens is 1. The van der Waals surface area contributed by atoms with Gasteiger partial charge in [0.25, 0.3) is 0 Å². The first kappa shape index (κ1) is 21.0. The highest BCUT2D eigenvalue weighted by molar-refractivity contribution is 7.13. The molecule has 0 spiro atoms.